The number of fused-ring (bicyclic) bond motifs is 4. The Bertz CT molecular complexity index is 1290. The van der Waals surface area contributed by atoms with Crippen molar-refractivity contribution < 1.29 is 0 Å². The summed E-state index contributed by atoms with van der Waals surface area (Å²) in [6.07, 6.45) is 8.92. The van der Waals surface area contributed by atoms with Crippen LogP contribution in [0.3, 0.4) is 0 Å². The second-order valence-corrected chi connectivity index (χ2v) is 6.54. The zero-order chi connectivity index (χ0) is 18.4. The minimum absolute atomic E-state index is 0.758. The van der Waals surface area contributed by atoms with Crippen LogP contribution < -0.4 is 10.2 Å². The molecule has 0 unspecified atom stereocenters. The van der Waals surface area contributed by atoms with Gasteiger partial charge in [-0.25, -0.2) is 9.97 Å². The van der Waals surface area contributed by atoms with E-state index in [0.29, 0.717) is 0 Å². The first kappa shape index (κ1) is 15.5. The van der Waals surface area contributed by atoms with E-state index >= 15 is 0 Å². The first-order valence-corrected chi connectivity index (χ1v) is 8.60. The van der Waals surface area contributed by atoms with E-state index in [1.54, 1.807) is 18.6 Å². The van der Waals surface area contributed by atoms with Gasteiger partial charge in [0.25, 0.3) is 0 Å². The fourth-order valence-corrected chi connectivity index (χ4v) is 3.22. The molecule has 5 rings (SSSR count). The van der Waals surface area contributed by atoms with Crippen molar-refractivity contribution in [2.24, 2.45) is 0 Å². The lowest BCUT2D eigenvalue weighted by atomic mass is 10.2. The Morgan fingerprint density at radius 1 is 1.00 bits per heavy atom. The number of rotatable bonds is 3. The number of benzene rings is 1. The van der Waals surface area contributed by atoms with Crippen LogP contribution in [0.4, 0.5) is 17.1 Å². The topological polar surface area (TPSA) is 71.2 Å². The van der Waals surface area contributed by atoms with Crippen molar-refractivity contribution in [2.75, 3.05) is 24.3 Å². The zero-order valence-electron chi connectivity index (χ0n) is 15.0. The fraction of sp³-hybridized carbons (Fsp3) is 0.100. The Hall–Kier alpha value is -3.74. The fourth-order valence-electron chi connectivity index (χ4n) is 3.22. The molecule has 4 aromatic heterocycles. The summed E-state index contributed by atoms with van der Waals surface area (Å²) in [5.41, 5.74) is 6.19. The molecular formula is C20H17N7. The second kappa shape index (κ2) is 5.91. The summed E-state index contributed by atoms with van der Waals surface area (Å²) < 4.78 is 1.95. The molecule has 0 aliphatic rings. The molecule has 0 saturated carbocycles. The molecule has 132 valence electrons. The van der Waals surface area contributed by atoms with E-state index in [2.05, 4.69) is 32.3 Å². The Kier molecular flexibility index (Phi) is 3.39. The van der Waals surface area contributed by atoms with Crippen molar-refractivity contribution in [3.63, 3.8) is 0 Å². The minimum atomic E-state index is 0.758. The van der Waals surface area contributed by atoms with Crippen molar-refractivity contribution >= 4 is 44.8 Å². The first-order chi connectivity index (χ1) is 13.2. The van der Waals surface area contributed by atoms with Gasteiger partial charge in [-0.2, -0.15) is 0 Å². The Morgan fingerprint density at radius 2 is 1.89 bits per heavy atom. The van der Waals surface area contributed by atoms with Crippen molar-refractivity contribution in [1.82, 2.24) is 24.3 Å². The van der Waals surface area contributed by atoms with Crippen LogP contribution >= 0.6 is 0 Å². The standard InChI is InChI=1S/C20H17N7/c1-26(2)14-5-3-4-13(10-14)23-18-15-11-21-7-6-16(15)24-20-19(18)25-17-12-22-8-9-27(17)20/h3-12H,1-2H3,(H,23,24). The minimum Gasteiger partial charge on any atom is -0.378 e. The van der Waals surface area contributed by atoms with E-state index in [-0.39, 0.29) is 0 Å². The van der Waals surface area contributed by atoms with Crippen LogP contribution in [0.1, 0.15) is 0 Å². The summed E-state index contributed by atoms with van der Waals surface area (Å²) in [7, 11) is 4.05. The molecule has 0 atom stereocenters. The van der Waals surface area contributed by atoms with Gasteiger partial charge in [0, 0.05) is 55.6 Å². The van der Waals surface area contributed by atoms with Gasteiger partial charge in [-0.1, -0.05) is 6.07 Å². The van der Waals surface area contributed by atoms with Crippen LogP contribution in [-0.4, -0.2) is 38.4 Å². The molecule has 0 radical (unpaired) electrons. The number of aromatic nitrogens is 5. The van der Waals surface area contributed by atoms with Crippen LogP contribution in [0.15, 0.2) is 61.3 Å². The van der Waals surface area contributed by atoms with Gasteiger partial charge in [0.1, 0.15) is 5.52 Å². The Labute approximate surface area is 155 Å². The maximum absolute atomic E-state index is 4.80. The molecule has 0 fully saturated rings. The molecule has 1 aromatic carbocycles. The van der Waals surface area contributed by atoms with E-state index in [4.69, 9.17) is 9.97 Å². The molecule has 7 heteroatoms. The highest BCUT2D eigenvalue weighted by molar-refractivity contribution is 6.06. The SMILES string of the molecule is CN(C)c1cccc(Nc2c3cnccc3nc3c2nc2cnccn23)c1. The second-order valence-electron chi connectivity index (χ2n) is 6.54. The normalized spacial score (nSPS) is 11.3. The van der Waals surface area contributed by atoms with Gasteiger partial charge in [-0.3, -0.25) is 14.4 Å². The van der Waals surface area contributed by atoms with E-state index in [1.807, 2.05) is 49.1 Å². The van der Waals surface area contributed by atoms with Crippen LogP contribution in [0, 0.1) is 0 Å². The van der Waals surface area contributed by atoms with Gasteiger partial charge in [-0.05, 0) is 24.3 Å². The highest BCUT2D eigenvalue weighted by Crippen LogP contribution is 2.33. The lowest BCUT2D eigenvalue weighted by molar-refractivity contribution is 1.13. The highest BCUT2D eigenvalue weighted by Gasteiger charge is 2.15. The maximum atomic E-state index is 4.80. The third-order valence-electron chi connectivity index (χ3n) is 4.57. The summed E-state index contributed by atoms with van der Waals surface area (Å²) in [5, 5.41) is 4.47. The van der Waals surface area contributed by atoms with E-state index < -0.39 is 0 Å². The average molecular weight is 355 g/mol. The van der Waals surface area contributed by atoms with Crippen LogP contribution in [0.2, 0.25) is 0 Å². The number of pyridine rings is 2. The van der Waals surface area contributed by atoms with Gasteiger partial charge < -0.3 is 10.2 Å². The maximum Gasteiger partial charge on any atom is 0.167 e. The average Bonchev–Trinajstić information content (AvgIpc) is 3.07. The van der Waals surface area contributed by atoms with Crippen LogP contribution in [0.25, 0.3) is 27.7 Å². The van der Waals surface area contributed by atoms with Gasteiger partial charge >= 0.3 is 0 Å². The molecule has 1 N–H and O–H groups in total. The molecule has 0 spiro atoms. The Morgan fingerprint density at radius 3 is 2.78 bits per heavy atom. The highest BCUT2D eigenvalue weighted by atomic mass is 15.1. The first-order valence-electron chi connectivity index (χ1n) is 8.60. The number of imidazole rings is 1. The van der Waals surface area contributed by atoms with Gasteiger partial charge in [0.2, 0.25) is 0 Å². The van der Waals surface area contributed by atoms with Crippen LogP contribution in [0.5, 0.6) is 0 Å². The van der Waals surface area contributed by atoms with Gasteiger partial charge in [0.15, 0.2) is 11.3 Å². The lowest BCUT2D eigenvalue weighted by Gasteiger charge is -2.15. The predicted octanol–water partition coefficient (Wildman–Crippen LogP) is 3.64. The molecule has 0 bridgehead atoms. The van der Waals surface area contributed by atoms with Crippen molar-refractivity contribution in [3.05, 3.63) is 61.3 Å². The number of hydrogen-bond donors (Lipinski definition) is 1. The zero-order valence-corrected chi connectivity index (χ0v) is 15.0. The molecule has 27 heavy (non-hydrogen) atoms. The van der Waals surface area contributed by atoms with E-state index in [9.17, 15) is 0 Å². The number of anilines is 3. The van der Waals surface area contributed by atoms with Crippen molar-refractivity contribution in [1.29, 1.82) is 0 Å². The lowest BCUT2D eigenvalue weighted by Crippen LogP contribution is -2.08. The smallest absolute Gasteiger partial charge is 0.167 e. The monoisotopic (exact) mass is 355 g/mol. The molecule has 0 aliphatic carbocycles. The summed E-state index contributed by atoms with van der Waals surface area (Å²) in [6, 6.07) is 10.2. The van der Waals surface area contributed by atoms with E-state index in [0.717, 1.165) is 44.8 Å². The molecule has 5 aromatic rings. The third kappa shape index (κ3) is 2.52. The van der Waals surface area contributed by atoms with Crippen molar-refractivity contribution in [2.45, 2.75) is 0 Å². The third-order valence-corrected chi connectivity index (χ3v) is 4.57. The number of hydrogen-bond acceptors (Lipinski definition) is 6. The summed E-state index contributed by atoms with van der Waals surface area (Å²) in [5.74, 6) is 0. The van der Waals surface area contributed by atoms with E-state index in [1.165, 1.54) is 0 Å². The summed E-state index contributed by atoms with van der Waals surface area (Å²) in [4.78, 5) is 20.1. The molecule has 4 heterocycles. The molecule has 7 nitrogen and oxygen atoms in total. The number of nitrogens with one attached hydrogen (secondary N) is 1. The summed E-state index contributed by atoms with van der Waals surface area (Å²) in [6.45, 7) is 0. The molecule has 0 aliphatic heterocycles. The van der Waals surface area contributed by atoms with Crippen molar-refractivity contribution in [3.8, 4) is 0 Å². The molecular weight excluding hydrogens is 338 g/mol. The summed E-state index contributed by atoms with van der Waals surface area (Å²) >= 11 is 0. The molecule has 0 amide bonds. The van der Waals surface area contributed by atoms with Gasteiger partial charge in [0.05, 0.1) is 17.4 Å². The number of nitrogens with zero attached hydrogens (tertiary/aromatic N) is 6. The predicted molar refractivity (Wildman–Crippen MR) is 108 cm³/mol. The Balaban J connectivity index is 1.79. The quantitative estimate of drug-likeness (QED) is 0.533. The largest absolute Gasteiger partial charge is 0.378 e. The van der Waals surface area contributed by atoms with Gasteiger partial charge in [-0.15, -0.1) is 0 Å². The van der Waals surface area contributed by atoms with Crippen LogP contribution in [-0.2, 0) is 0 Å². The molecule has 0 saturated heterocycles.